The summed E-state index contributed by atoms with van der Waals surface area (Å²) in [6.07, 6.45) is 7.94. The number of hydrogen-bond acceptors (Lipinski definition) is 4. The first-order valence-electron chi connectivity index (χ1n) is 11.3. The lowest BCUT2D eigenvalue weighted by Crippen LogP contribution is -2.54. The SMILES string of the molecule is CCCC(C)(CC)OOC1(OOC(C)(CC)CCC)C(C)CC(C)CC1C. The van der Waals surface area contributed by atoms with E-state index in [1.54, 1.807) is 0 Å². The third-order valence-corrected chi connectivity index (χ3v) is 6.69. The van der Waals surface area contributed by atoms with Crippen molar-refractivity contribution in [2.75, 3.05) is 0 Å². The lowest BCUT2D eigenvalue weighted by atomic mass is 9.73. The largest absolute Gasteiger partial charge is 0.239 e. The Labute approximate surface area is 168 Å². The highest BCUT2D eigenvalue weighted by atomic mass is 17.3. The van der Waals surface area contributed by atoms with Crippen LogP contribution in [0.1, 0.15) is 114 Å². The molecule has 0 spiro atoms. The minimum absolute atomic E-state index is 0.196. The van der Waals surface area contributed by atoms with Gasteiger partial charge in [0.15, 0.2) is 0 Å². The second-order valence-corrected chi connectivity index (χ2v) is 9.54. The van der Waals surface area contributed by atoms with Crippen molar-refractivity contribution in [3.05, 3.63) is 0 Å². The molecule has 0 aromatic rings. The van der Waals surface area contributed by atoms with Crippen molar-refractivity contribution in [3.63, 3.8) is 0 Å². The minimum atomic E-state index is -0.860. The van der Waals surface area contributed by atoms with Gasteiger partial charge >= 0.3 is 0 Å². The van der Waals surface area contributed by atoms with E-state index in [1.807, 2.05) is 0 Å². The van der Waals surface area contributed by atoms with Gasteiger partial charge in [-0.05, 0) is 58.3 Å². The highest BCUT2D eigenvalue weighted by molar-refractivity contribution is 4.88. The summed E-state index contributed by atoms with van der Waals surface area (Å²) in [5.74, 6) is 0.182. The molecule has 1 aliphatic carbocycles. The summed E-state index contributed by atoms with van der Waals surface area (Å²) in [4.78, 5) is 24.6. The van der Waals surface area contributed by atoms with Crippen LogP contribution in [0.15, 0.2) is 0 Å². The predicted molar refractivity (Wildman–Crippen MR) is 111 cm³/mol. The zero-order valence-electron chi connectivity index (χ0n) is 19.5. The van der Waals surface area contributed by atoms with Crippen LogP contribution >= 0.6 is 0 Å². The molecule has 27 heavy (non-hydrogen) atoms. The maximum atomic E-state index is 6.22. The Bertz CT molecular complexity index is 389. The van der Waals surface area contributed by atoms with Crippen molar-refractivity contribution < 1.29 is 19.6 Å². The van der Waals surface area contributed by atoms with Crippen molar-refractivity contribution in [2.24, 2.45) is 17.8 Å². The predicted octanol–water partition coefficient (Wildman–Crippen LogP) is 7.22. The normalized spacial score (nSPS) is 33.4. The van der Waals surface area contributed by atoms with Crippen LogP contribution in [0.2, 0.25) is 0 Å². The Morgan fingerprint density at radius 2 is 1.11 bits per heavy atom. The van der Waals surface area contributed by atoms with E-state index in [1.165, 1.54) is 0 Å². The van der Waals surface area contributed by atoms with Gasteiger partial charge in [0, 0.05) is 11.8 Å². The first kappa shape index (κ1) is 24.9. The van der Waals surface area contributed by atoms with Gasteiger partial charge in [0.05, 0.1) is 0 Å². The Kier molecular flexibility index (Phi) is 9.74. The lowest BCUT2D eigenvalue weighted by molar-refractivity contribution is -0.570. The molecule has 4 unspecified atom stereocenters. The topological polar surface area (TPSA) is 36.9 Å². The molecule has 4 heteroatoms. The van der Waals surface area contributed by atoms with Crippen LogP contribution < -0.4 is 0 Å². The Balaban J connectivity index is 3.03. The molecule has 0 amide bonds. The molecule has 0 heterocycles. The maximum absolute atomic E-state index is 6.22. The van der Waals surface area contributed by atoms with Crippen LogP contribution in [0.5, 0.6) is 0 Å². The van der Waals surface area contributed by atoms with Crippen LogP contribution in [-0.4, -0.2) is 17.0 Å². The van der Waals surface area contributed by atoms with E-state index in [0.29, 0.717) is 5.92 Å². The highest BCUT2D eigenvalue weighted by Gasteiger charge is 2.52. The van der Waals surface area contributed by atoms with Crippen LogP contribution in [0.4, 0.5) is 0 Å². The zero-order valence-corrected chi connectivity index (χ0v) is 19.5. The third-order valence-electron chi connectivity index (χ3n) is 6.69. The van der Waals surface area contributed by atoms with Crippen LogP contribution in [-0.2, 0) is 19.6 Å². The maximum Gasteiger partial charge on any atom is 0.239 e. The second kappa shape index (κ2) is 10.6. The number of hydrogen-bond donors (Lipinski definition) is 0. The highest BCUT2D eigenvalue weighted by Crippen LogP contribution is 2.46. The van der Waals surface area contributed by atoms with E-state index in [4.69, 9.17) is 19.6 Å². The Hall–Kier alpha value is -0.160. The van der Waals surface area contributed by atoms with Gasteiger partial charge in [0.2, 0.25) is 5.79 Å². The smallest absolute Gasteiger partial charge is 0.227 e. The first-order valence-corrected chi connectivity index (χ1v) is 11.3. The molecule has 1 fully saturated rings. The molecule has 1 saturated carbocycles. The second-order valence-electron chi connectivity index (χ2n) is 9.54. The van der Waals surface area contributed by atoms with Gasteiger partial charge in [-0.2, -0.15) is 9.78 Å². The molecule has 1 rings (SSSR count). The van der Waals surface area contributed by atoms with E-state index in [9.17, 15) is 0 Å². The van der Waals surface area contributed by atoms with Crippen LogP contribution in [0.25, 0.3) is 0 Å². The summed E-state index contributed by atoms with van der Waals surface area (Å²) in [6, 6.07) is 0. The van der Waals surface area contributed by atoms with Gasteiger partial charge in [-0.3, -0.25) is 0 Å². The molecule has 1 aliphatic rings. The summed E-state index contributed by atoms with van der Waals surface area (Å²) in [6.45, 7) is 19.6. The van der Waals surface area contributed by atoms with Crippen molar-refractivity contribution in [1.82, 2.24) is 0 Å². The molecule has 4 atom stereocenters. The van der Waals surface area contributed by atoms with Crippen molar-refractivity contribution in [3.8, 4) is 0 Å². The average molecular weight is 387 g/mol. The molecule has 0 aromatic heterocycles. The van der Waals surface area contributed by atoms with E-state index >= 15 is 0 Å². The number of rotatable bonds is 12. The molecule has 162 valence electrons. The van der Waals surface area contributed by atoms with Gasteiger partial charge in [-0.25, -0.2) is 9.78 Å². The van der Waals surface area contributed by atoms with Crippen molar-refractivity contribution in [1.29, 1.82) is 0 Å². The summed E-state index contributed by atoms with van der Waals surface area (Å²) < 4.78 is 0. The fraction of sp³-hybridized carbons (Fsp3) is 1.00. The molecule has 0 bridgehead atoms. The fourth-order valence-electron chi connectivity index (χ4n) is 4.40. The molecule has 0 saturated heterocycles. The quantitative estimate of drug-likeness (QED) is 0.201. The third kappa shape index (κ3) is 6.42. The van der Waals surface area contributed by atoms with Crippen LogP contribution in [0.3, 0.4) is 0 Å². The minimum Gasteiger partial charge on any atom is -0.227 e. The molecule has 0 aromatic carbocycles. The first-order chi connectivity index (χ1) is 12.6. The van der Waals surface area contributed by atoms with Crippen LogP contribution in [0, 0.1) is 17.8 Å². The van der Waals surface area contributed by atoms with Crippen molar-refractivity contribution >= 4 is 0 Å². The van der Waals surface area contributed by atoms with Gasteiger partial charge in [0.25, 0.3) is 0 Å². The summed E-state index contributed by atoms with van der Waals surface area (Å²) in [5, 5.41) is 0. The average Bonchev–Trinajstić information content (AvgIpc) is 2.61. The fourth-order valence-corrected chi connectivity index (χ4v) is 4.40. The van der Waals surface area contributed by atoms with E-state index in [0.717, 1.165) is 51.4 Å². The molecule has 0 radical (unpaired) electrons. The molecule has 0 aliphatic heterocycles. The summed E-state index contributed by atoms with van der Waals surface area (Å²) in [5.41, 5.74) is -0.601. The zero-order chi connectivity index (χ0) is 20.7. The Morgan fingerprint density at radius 1 is 0.741 bits per heavy atom. The molecule has 4 nitrogen and oxygen atoms in total. The van der Waals surface area contributed by atoms with E-state index in [2.05, 4.69) is 62.3 Å². The van der Waals surface area contributed by atoms with Gasteiger partial charge in [-0.15, -0.1) is 0 Å². The summed E-state index contributed by atoms with van der Waals surface area (Å²) in [7, 11) is 0. The van der Waals surface area contributed by atoms with Crippen molar-refractivity contribution in [2.45, 2.75) is 131 Å². The standard InChI is InChI=1S/C23H46O4/c1-10-14-21(8,12-3)24-26-23(19(6)16-18(5)17-20(23)7)27-25-22(9,13-4)15-11-2/h18-20H,10-17H2,1-9H3. The van der Waals surface area contributed by atoms with E-state index < -0.39 is 5.79 Å². The summed E-state index contributed by atoms with van der Waals surface area (Å²) >= 11 is 0. The molecular formula is C23H46O4. The van der Waals surface area contributed by atoms with E-state index in [-0.39, 0.29) is 23.0 Å². The Morgan fingerprint density at radius 3 is 1.41 bits per heavy atom. The monoisotopic (exact) mass is 386 g/mol. The van der Waals surface area contributed by atoms with Gasteiger partial charge in [-0.1, -0.05) is 61.3 Å². The molecule has 0 N–H and O–H groups in total. The molecular weight excluding hydrogens is 340 g/mol. The van der Waals surface area contributed by atoms with Gasteiger partial charge in [0.1, 0.15) is 11.2 Å². The lowest BCUT2D eigenvalue weighted by Gasteiger charge is -2.48. The van der Waals surface area contributed by atoms with Gasteiger partial charge < -0.3 is 0 Å².